The lowest BCUT2D eigenvalue weighted by atomic mass is 9.95. The van der Waals surface area contributed by atoms with Crippen molar-refractivity contribution in [2.75, 3.05) is 37.5 Å². The normalized spacial score (nSPS) is 23.1. The van der Waals surface area contributed by atoms with Crippen LogP contribution in [0.5, 0.6) is 0 Å². The molecule has 7 atom stereocenters. The zero-order valence-electron chi connectivity index (χ0n) is 36.4. The summed E-state index contributed by atoms with van der Waals surface area (Å²) in [5.41, 5.74) is 3.54. The second kappa shape index (κ2) is 20.3. The zero-order valence-corrected chi connectivity index (χ0v) is 36.4. The van der Waals surface area contributed by atoms with Gasteiger partial charge in [0.1, 0.15) is 30.0 Å². The molecule has 4 N–H and O–H groups in total. The van der Waals surface area contributed by atoms with Crippen LogP contribution in [-0.2, 0) is 28.7 Å². The predicted octanol–water partition coefficient (Wildman–Crippen LogP) is 5.59. The minimum Gasteiger partial charge on any atom is -0.453 e. The zero-order chi connectivity index (χ0) is 44.7. The average Bonchev–Trinajstić information content (AvgIpc) is 4.06. The lowest BCUT2D eigenvalue weighted by Crippen LogP contribution is -2.55. The van der Waals surface area contributed by atoms with Crippen LogP contribution < -0.4 is 26.2 Å². The van der Waals surface area contributed by atoms with Crippen LogP contribution in [0.1, 0.15) is 84.2 Å². The van der Waals surface area contributed by atoms with Crippen molar-refractivity contribution in [3.63, 3.8) is 0 Å². The molecular weight excluding hydrogens is 798 g/mol. The molecule has 1 unspecified atom stereocenters. The van der Waals surface area contributed by atoms with Gasteiger partial charge in [-0.25, -0.2) is 14.0 Å². The number of methoxy groups -OCH3 is 2. The summed E-state index contributed by atoms with van der Waals surface area (Å²) in [6, 6.07) is 10.8. The third kappa shape index (κ3) is 10.4. The Morgan fingerprint density at radius 3 is 1.73 bits per heavy atom. The summed E-state index contributed by atoms with van der Waals surface area (Å²) in [5, 5.41) is 11.3. The number of hydrogen-bond acceptors (Lipinski definition) is 9. The fourth-order valence-corrected chi connectivity index (χ4v) is 9.09. The molecule has 16 heteroatoms. The number of hydrogen-bond donors (Lipinski definition) is 4. The van der Waals surface area contributed by atoms with Crippen molar-refractivity contribution in [3.8, 4) is 0 Å². The number of amides is 6. The van der Waals surface area contributed by atoms with Crippen LogP contribution in [0.25, 0.3) is 0 Å². The van der Waals surface area contributed by atoms with Crippen molar-refractivity contribution in [1.82, 2.24) is 25.8 Å². The maximum absolute atomic E-state index is 14.2. The van der Waals surface area contributed by atoms with Gasteiger partial charge in [-0.15, -0.1) is 0 Å². The molecule has 6 amide bonds. The Balaban J connectivity index is 1.11. The first-order valence-electron chi connectivity index (χ1n) is 21.6. The van der Waals surface area contributed by atoms with E-state index in [1.165, 1.54) is 31.3 Å². The van der Waals surface area contributed by atoms with Gasteiger partial charge in [-0.2, -0.15) is 0 Å². The Bertz CT molecular complexity index is 2020. The SMILES string of the molecule is COC(=O)N[C@H](C(=O)N1CCC[C@H]1C(=O)Nc1ccc([C@H]2CC[C@H](C3=CCC(NC(=O)[C@@H]4CCCN4C(=O)[C@@H](NC(=O)OC)C(C)C)C=C3)N2c2ccc(F)cc2)cc1)C(C)C. The summed E-state index contributed by atoms with van der Waals surface area (Å²) in [6.45, 7) is 8.14. The fraction of sp³-hybridized carbons (Fsp3) is 0.522. The van der Waals surface area contributed by atoms with Crippen LogP contribution >= 0.6 is 0 Å². The molecule has 0 radical (unpaired) electrons. The summed E-state index contributed by atoms with van der Waals surface area (Å²) in [5.74, 6) is -1.92. The minimum absolute atomic E-state index is 0.0369. The lowest BCUT2D eigenvalue weighted by molar-refractivity contribution is -0.140. The number of carbonyl (C=O) groups is 6. The van der Waals surface area contributed by atoms with Crippen molar-refractivity contribution >= 4 is 47.2 Å². The van der Waals surface area contributed by atoms with Gasteiger partial charge >= 0.3 is 12.2 Å². The maximum atomic E-state index is 14.2. The highest BCUT2D eigenvalue weighted by Crippen LogP contribution is 2.43. The van der Waals surface area contributed by atoms with Crippen LogP contribution in [-0.4, -0.2) is 109 Å². The van der Waals surface area contributed by atoms with E-state index in [2.05, 4.69) is 32.2 Å². The third-order valence-electron chi connectivity index (χ3n) is 12.4. The van der Waals surface area contributed by atoms with E-state index in [-0.39, 0.29) is 59.4 Å². The number of benzene rings is 2. The predicted molar refractivity (Wildman–Crippen MR) is 231 cm³/mol. The molecule has 6 rings (SSSR count). The van der Waals surface area contributed by atoms with Crippen molar-refractivity contribution in [2.45, 2.75) is 115 Å². The van der Waals surface area contributed by atoms with E-state index >= 15 is 0 Å². The largest absolute Gasteiger partial charge is 0.453 e. The molecule has 0 spiro atoms. The van der Waals surface area contributed by atoms with Gasteiger partial charge in [-0.05, 0) is 104 Å². The quantitative estimate of drug-likeness (QED) is 0.200. The molecule has 3 fully saturated rings. The van der Waals surface area contributed by atoms with Crippen molar-refractivity contribution in [2.24, 2.45) is 11.8 Å². The molecular formula is C46H60FN7O8. The Morgan fingerprint density at radius 2 is 1.23 bits per heavy atom. The van der Waals surface area contributed by atoms with Gasteiger partial charge < -0.3 is 45.4 Å². The number of alkyl carbamates (subject to hydrolysis) is 2. The van der Waals surface area contributed by atoms with E-state index in [0.717, 1.165) is 29.7 Å². The third-order valence-corrected chi connectivity index (χ3v) is 12.4. The first-order valence-corrected chi connectivity index (χ1v) is 21.6. The number of anilines is 2. The van der Waals surface area contributed by atoms with E-state index in [1.807, 2.05) is 64.1 Å². The molecule has 2 aromatic rings. The Hall–Kier alpha value is -5.93. The van der Waals surface area contributed by atoms with Gasteiger partial charge in [0.15, 0.2) is 0 Å². The van der Waals surface area contributed by atoms with E-state index in [9.17, 15) is 33.2 Å². The Morgan fingerprint density at radius 1 is 0.694 bits per heavy atom. The maximum Gasteiger partial charge on any atom is 0.407 e. The Labute approximate surface area is 362 Å². The molecule has 3 saturated heterocycles. The van der Waals surface area contributed by atoms with Gasteiger partial charge in [0.2, 0.25) is 23.6 Å². The van der Waals surface area contributed by atoms with Crippen LogP contribution in [0.15, 0.2) is 72.3 Å². The highest BCUT2D eigenvalue weighted by molar-refractivity contribution is 5.99. The van der Waals surface area contributed by atoms with E-state index in [1.54, 1.807) is 17.0 Å². The van der Waals surface area contributed by atoms with Crippen LogP contribution in [0.2, 0.25) is 0 Å². The topological polar surface area (TPSA) is 179 Å². The number of nitrogens with zero attached hydrogens (tertiary/aromatic N) is 3. The van der Waals surface area contributed by atoms with E-state index < -0.39 is 36.4 Å². The highest BCUT2D eigenvalue weighted by Gasteiger charge is 2.41. The standard InChI is InChI=1S/C46H60FN7O8/c1-27(2)39(50-45(59)61-5)43(57)52-25-7-9-37(52)41(55)48-32-17-11-29(12-18-32)35-23-24-36(54(35)34-21-15-31(47)16-22-34)30-13-19-33(20-14-30)49-42(56)38-10-8-26-53(38)44(58)40(28(3)4)51-46(60)62-6/h11-19,21-22,27-28,33,35-40H,7-10,20,23-26H2,1-6H3,(H,48,55)(H,49,56)(H,50,59)(H,51,60)/t33?,35-,36-,37+,38+,39+,40+/m1/s1. The molecule has 3 aliphatic heterocycles. The second-order valence-corrected chi connectivity index (χ2v) is 17.1. The van der Waals surface area contributed by atoms with Crippen LogP contribution in [0.4, 0.5) is 25.4 Å². The lowest BCUT2D eigenvalue weighted by Gasteiger charge is -2.35. The summed E-state index contributed by atoms with van der Waals surface area (Å²) in [6.07, 6.45) is 9.28. The second-order valence-electron chi connectivity index (χ2n) is 17.1. The van der Waals surface area contributed by atoms with Crippen molar-refractivity contribution in [3.05, 3.63) is 83.7 Å². The minimum atomic E-state index is -0.828. The van der Waals surface area contributed by atoms with E-state index in [0.29, 0.717) is 50.9 Å². The smallest absolute Gasteiger partial charge is 0.407 e. The number of carbonyl (C=O) groups excluding carboxylic acids is 6. The molecule has 0 bridgehead atoms. The fourth-order valence-electron chi connectivity index (χ4n) is 9.09. The van der Waals surface area contributed by atoms with Crippen molar-refractivity contribution < 1.29 is 42.6 Å². The summed E-state index contributed by atoms with van der Waals surface area (Å²) in [7, 11) is 2.48. The molecule has 62 heavy (non-hydrogen) atoms. The first kappa shape index (κ1) is 45.6. The van der Waals surface area contributed by atoms with Gasteiger partial charge in [0, 0.05) is 24.5 Å². The molecule has 15 nitrogen and oxygen atoms in total. The molecule has 2 aromatic carbocycles. The number of rotatable bonds is 13. The number of likely N-dealkylation sites (tertiary alicyclic amines) is 2. The summed E-state index contributed by atoms with van der Waals surface area (Å²) < 4.78 is 23.6. The molecule has 334 valence electrons. The van der Waals surface area contributed by atoms with E-state index in [4.69, 9.17) is 9.47 Å². The van der Waals surface area contributed by atoms with Gasteiger partial charge in [-0.3, -0.25) is 19.2 Å². The molecule has 1 aliphatic carbocycles. The highest BCUT2D eigenvalue weighted by atomic mass is 19.1. The van der Waals surface area contributed by atoms with Crippen molar-refractivity contribution in [1.29, 1.82) is 0 Å². The average molecular weight is 858 g/mol. The Kier molecular flexibility index (Phi) is 14.9. The summed E-state index contributed by atoms with van der Waals surface area (Å²) in [4.78, 5) is 83.6. The molecule has 3 heterocycles. The van der Waals surface area contributed by atoms with Crippen LogP contribution in [0, 0.1) is 17.7 Å². The number of ether oxygens (including phenoxy) is 2. The monoisotopic (exact) mass is 857 g/mol. The van der Waals surface area contributed by atoms with Gasteiger partial charge in [0.05, 0.1) is 32.3 Å². The van der Waals surface area contributed by atoms with Crippen LogP contribution in [0.3, 0.4) is 0 Å². The van der Waals surface area contributed by atoms with Gasteiger partial charge in [0.25, 0.3) is 0 Å². The van der Waals surface area contributed by atoms with Gasteiger partial charge in [-0.1, -0.05) is 58.1 Å². The number of halogens is 1. The molecule has 4 aliphatic rings. The summed E-state index contributed by atoms with van der Waals surface area (Å²) >= 11 is 0. The molecule has 0 saturated carbocycles. The first-order chi connectivity index (χ1) is 29.7. The number of nitrogens with one attached hydrogen (secondary N) is 4. The molecule has 0 aromatic heterocycles.